The van der Waals surface area contributed by atoms with Crippen LogP contribution in [0.2, 0.25) is 0 Å². The molecule has 0 radical (unpaired) electrons. The van der Waals surface area contributed by atoms with E-state index in [1.54, 1.807) is 0 Å². The van der Waals surface area contributed by atoms with Crippen molar-refractivity contribution in [3.63, 3.8) is 0 Å². The van der Waals surface area contributed by atoms with E-state index < -0.39 is 0 Å². The van der Waals surface area contributed by atoms with E-state index in [1.165, 1.54) is 0 Å². The zero-order valence-corrected chi connectivity index (χ0v) is 8.58. The van der Waals surface area contributed by atoms with Crippen molar-refractivity contribution in [1.29, 1.82) is 0 Å². The summed E-state index contributed by atoms with van der Waals surface area (Å²) in [7, 11) is 0. The molecule has 0 unspecified atom stereocenters. The van der Waals surface area contributed by atoms with Gasteiger partial charge in [-0.1, -0.05) is 38.6 Å². The maximum Gasteiger partial charge on any atom is 0.135 e. The first-order valence-electron chi connectivity index (χ1n) is 4.87. The van der Waals surface area contributed by atoms with Gasteiger partial charge in [-0.3, -0.25) is 0 Å². The van der Waals surface area contributed by atoms with Gasteiger partial charge in [-0.25, -0.2) is 0 Å². The minimum atomic E-state index is 0.482. The predicted octanol–water partition coefficient (Wildman–Crippen LogP) is 2.28. The molecule has 1 nitrogen and oxygen atoms in total. The van der Waals surface area contributed by atoms with Gasteiger partial charge in [-0.05, 0) is 18.1 Å². The Morgan fingerprint density at radius 1 is 1.29 bits per heavy atom. The Labute approximate surface area is 83.4 Å². The topological polar surface area (TPSA) is 13.1 Å². The smallest absolute Gasteiger partial charge is 0.135 e. The second-order valence-electron chi connectivity index (χ2n) is 3.85. The van der Waals surface area contributed by atoms with Crippen molar-refractivity contribution >= 4 is 23.6 Å². The van der Waals surface area contributed by atoms with Crippen LogP contribution in [0.15, 0.2) is 28.7 Å². The number of hydrogen-bond acceptors (Lipinski definition) is 1. The average molecular weight is 186 g/mol. The van der Waals surface area contributed by atoms with E-state index >= 15 is 0 Å². The minimum Gasteiger partial charge on any atom is -0.456 e. The highest BCUT2D eigenvalue weighted by Crippen LogP contribution is 2.06. The molecular weight excluding hydrogens is 172 g/mol. The molecule has 0 fully saturated rings. The minimum absolute atomic E-state index is 0.482. The summed E-state index contributed by atoms with van der Waals surface area (Å²) in [6.07, 6.45) is 2.10. The van der Waals surface area contributed by atoms with Crippen LogP contribution in [0.3, 0.4) is 0 Å². The summed E-state index contributed by atoms with van der Waals surface area (Å²) < 4.78 is 5.69. The third kappa shape index (κ3) is 1.46. The molecule has 0 saturated carbocycles. The number of furan rings is 1. The van der Waals surface area contributed by atoms with Crippen molar-refractivity contribution in [2.75, 3.05) is 0 Å². The first-order valence-corrected chi connectivity index (χ1v) is 4.87. The highest BCUT2D eigenvalue weighted by atomic mass is 16.3. The van der Waals surface area contributed by atoms with Crippen LogP contribution in [0, 0.1) is 5.92 Å². The second kappa shape index (κ2) is 3.33. The fourth-order valence-electron chi connectivity index (χ4n) is 1.56. The van der Waals surface area contributed by atoms with Gasteiger partial charge in [0.05, 0.1) is 0 Å². The van der Waals surface area contributed by atoms with Crippen LogP contribution in [-0.2, 0) is 0 Å². The molecule has 0 saturated heterocycles. The Balaban J connectivity index is 2.82. The van der Waals surface area contributed by atoms with Gasteiger partial charge in [0, 0.05) is 10.6 Å². The van der Waals surface area contributed by atoms with E-state index in [0.717, 1.165) is 21.6 Å². The maximum atomic E-state index is 5.69. The third-order valence-electron chi connectivity index (χ3n) is 2.21. The third-order valence-corrected chi connectivity index (χ3v) is 2.21. The van der Waals surface area contributed by atoms with Crippen LogP contribution >= 0.6 is 0 Å². The van der Waals surface area contributed by atoms with Gasteiger partial charge >= 0.3 is 0 Å². The number of benzene rings is 1. The zero-order chi connectivity index (χ0) is 10.1. The number of fused-ring (bicyclic) bond motifs is 1. The molecule has 0 aliphatic carbocycles. The Morgan fingerprint density at radius 2 is 2.00 bits per heavy atom. The molecule has 0 aliphatic heterocycles. The van der Waals surface area contributed by atoms with E-state index in [-0.39, 0.29) is 0 Å². The Morgan fingerprint density at radius 3 is 2.64 bits per heavy atom. The fourth-order valence-corrected chi connectivity index (χ4v) is 1.56. The van der Waals surface area contributed by atoms with Gasteiger partial charge in [-0.2, -0.15) is 0 Å². The molecule has 1 aromatic heterocycles. The van der Waals surface area contributed by atoms with Crippen LogP contribution < -0.4 is 10.6 Å². The van der Waals surface area contributed by atoms with Crippen molar-refractivity contribution in [2.45, 2.75) is 13.8 Å². The van der Waals surface area contributed by atoms with Crippen molar-refractivity contribution in [3.05, 3.63) is 34.9 Å². The normalized spacial score (nSPS) is 12.9. The average Bonchev–Trinajstić information content (AvgIpc) is 2.44. The van der Waals surface area contributed by atoms with Crippen molar-refractivity contribution in [2.24, 2.45) is 5.92 Å². The maximum absolute atomic E-state index is 5.69. The predicted molar refractivity (Wildman–Crippen MR) is 60.3 cm³/mol. The highest BCUT2D eigenvalue weighted by Gasteiger charge is 1.99. The summed E-state index contributed by atoms with van der Waals surface area (Å²) in [6, 6.07) is 8.00. The Kier molecular flexibility index (Phi) is 2.16. The lowest BCUT2D eigenvalue weighted by Crippen LogP contribution is -2.18. The van der Waals surface area contributed by atoms with Gasteiger partial charge < -0.3 is 4.42 Å². The van der Waals surface area contributed by atoms with E-state index in [0.29, 0.717) is 5.92 Å². The molecule has 0 N–H and O–H groups in total. The summed E-state index contributed by atoms with van der Waals surface area (Å²) in [5, 5.41) is 2.11. The molecule has 2 aromatic rings. The van der Waals surface area contributed by atoms with E-state index in [9.17, 15) is 0 Å². The SMILES string of the molecule is C=c1/c(=C\C(C)C)oc2ccccc12. The Bertz CT molecular complexity index is 546. The summed E-state index contributed by atoms with van der Waals surface area (Å²) in [5.74, 6) is 0.482. The Hall–Kier alpha value is -1.50. The van der Waals surface area contributed by atoms with Crippen LogP contribution in [-0.4, -0.2) is 0 Å². The van der Waals surface area contributed by atoms with Gasteiger partial charge in [-0.15, -0.1) is 0 Å². The van der Waals surface area contributed by atoms with Crippen LogP contribution in [0.5, 0.6) is 0 Å². The van der Waals surface area contributed by atoms with E-state index in [2.05, 4.69) is 26.5 Å². The molecular formula is C13H14O. The van der Waals surface area contributed by atoms with Crippen molar-refractivity contribution < 1.29 is 4.42 Å². The van der Waals surface area contributed by atoms with Crippen molar-refractivity contribution in [3.8, 4) is 0 Å². The molecule has 1 heteroatoms. The summed E-state index contributed by atoms with van der Waals surface area (Å²) in [5.41, 5.74) is 1.82. The van der Waals surface area contributed by atoms with Crippen LogP contribution in [0.4, 0.5) is 0 Å². The molecule has 0 spiro atoms. The highest BCUT2D eigenvalue weighted by molar-refractivity contribution is 5.77. The van der Waals surface area contributed by atoms with Gasteiger partial charge in [0.1, 0.15) is 11.0 Å². The van der Waals surface area contributed by atoms with Crippen molar-refractivity contribution in [1.82, 2.24) is 0 Å². The first-order chi connectivity index (χ1) is 6.68. The van der Waals surface area contributed by atoms with E-state index in [4.69, 9.17) is 4.42 Å². The molecule has 1 aromatic carbocycles. The molecule has 1 heterocycles. The lowest BCUT2D eigenvalue weighted by molar-refractivity contribution is 0.570. The monoisotopic (exact) mass is 186 g/mol. The molecule has 0 bridgehead atoms. The summed E-state index contributed by atoms with van der Waals surface area (Å²) in [6.45, 7) is 8.30. The van der Waals surface area contributed by atoms with Gasteiger partial charge in [0.2, 0.25) is 0 Å². The quantitative estimate of drug-likeness (QED) is 0.666. The first kappa shape index (κ1) is 9.07. The number of rotatable bonds is 1. The zero-order valence-electron chi connectivity index (χ0n) is 8.58. The fraction of sp³-hybridized carbons (Fsp3) is 0.231. The molecule has 0 atom stereocenters. The van der Waals surface area contributed by atoms with E-state index in [1.807, 2.05) is 24.3 Å². The lowest BCUT2D eigenvalue weighted by Gasteiger charge is -1.88. The lowest BCUT2D eigenvalue weighted by atomic mass is 10.2. The summed E-state index contributed by atoms with van der Waals surface area (Å²) >= 11 is 0. The molecule has 72 valence electrons. The molecule has 0 amide bonds. The number of para-hydroxylation sites is 1. The molecule has 2 rings (SSSR count). The van der Waals surface area contributed by atoms with Crippen LogP contribution in [0.25, 0.3) is 23.6 Å². The second-order valence-corrected chi connectivity index (χ2v) is 3.85. The van der Waals surface area contributed by atoms with Crippen LogP contribution in [0.1, 0.15) is 13.8 Å². The van der Waals surface area contributed by atoms with Gasteiger partial charge in [0.15, 0.2) is 0 Å². The number of hydrogen-bond donors (Lipinski definition) is 0. The molecule has 0 aliphatic rings. The largest absolute Gasteiger partial charge is 0.456 e. The standard InChI is InChI=1S/C13H14O/c1-9(2)8-13-10(3)11-6-4-5-7-12(11)14-13/h4-9H,3H2,1-2H3/b13-8+. The van der Waals surface area contributed by atoms with Gasteiger partial charge in [0.25, 0.3) is 0 Å². The molecule has 14 heavy (non-hydrogen) atoms. The summed E-state index contributed by atoms with van der Waals surface area (Å²) in [4.78, 5) is 0.